The van der Waals surface area contributed by atoms with Crippen molar-refractivity contribution in [3.8, 4) is 22.3 Å². The predicted molar refractivity (Wildman–Crippen MR) is 233 cm³/mol. The molecule has 9 aromatic carbocycles. The minimum absolute atomic E-state index is 1.15. The molecule has 2 heterocycles. The molecule has 0 atom stereocenters. The molecule has 0 radical (unpaired) electrons. The second kappa shape index (κ2) is 12.2. The molecule has 0 aliphatic heterocycles. The van der Waals surface area contributed by atoms with Crippen LogP contribution in [0.2, 0.25) is 0 Å². The van der Waals surface area contributed by atoms with Crippen LogP contribution in [0.15, 0.2) is 188 Å². The van der Waals surface area contributed by atoms with E-state index < -0.39 is 0 Å². The van der Waals surface area contributed by atoms with E-state index in [4.69, 9.17) is 0 Å². The molecular weight excluding hydrogens is 679 g/mol. The largest absolute Gasteiger partial charge is 0.308 e. The average Bonchev–Trinajstić information content (AvgIpc) is 3.80. The third-order valence-corrected chi connectivity index (χ3v) is 13.1. The SMILES string of the molecule is c1ccc(-c2cccc3c2sc2c(N(c4ccc5c(c4)sc4ccccc45)c4ccc(-c5cccc6ccccc56)c5ccccc45)cccc23)cc1. The minimum atomic E-state index is 1.15. The van der Waals surface area contributed by atoms with Gasteiger partial charge in [-0.2, -0.15) is 0 Å². The van der Waals surface area contributed by atoms with E-state index in [1.54, 1.807) is 0 Å². The summed E-state index contributed by atoms with van der Waals surface area (Å²) in [6.07, 6.45) is 0. The van der Waals surface area contributed by atoms with Gasteiger partial charge in [0.1, 0.15) is 0 Å². The normalized spacial score (nSPS) is 11.8. The van der Waals surface area contributed by atoms with Gasteiger partial charge < -0.3 is 4.90 Å². The molecule has 0 amide bonds. The summed E-state index contributed by atoms with van der Waals surface area (Å²) in [6, 6.07) is 69.1. The van der Waals surface area contributed by atoms with Gasteiger partial charge >= 0.3 is 0 Å². The number of hydrogen-bond acceptors (Lipinski definition) is 3. The van der Waals surface area contributed by atoms with E-state index in [1.165, 1.54) is 95.5 Å². The molecule has 0 N–H and O–H groups in total. The Balaban J connectivity index is 1.20. The zero-order valence-electron chi connectivity index (χ0n) is 28.7. The number of benzene rings is 9. The molecule has 0 bridgehead atoms. The molecule has 0 saturated carbocycles. The average molecular weight is 710 g/mol. The highest BCUT2D eigenvalue weighted by atomic mass is 32.1. The second-order valence-electron chi connectivity index (χ2n) is 13.6. The number of rotatable bonds is 5. The van der Waals surface area contributed by atoms with Crippen LogP contribution in [0.4, 0.5) is 17.1 Å². The van der Waals surface area contributed by atoms with Crippen LogP contribution in [-0.4, -0.2) is 0 Å². The molecule has 0 aliphatic carbocycles. The first-order chi connectivity index (χ1) is 26.3. The van der Waals surface area contributed by atoms with Crippen molar-refractivity contribution >= 4 is 102 Å². The Morgan fingerprint density at radius 3 is 1.83 bits per heavy atom. The lowest BCUT2D eigenvalue weighted by atomic mass is 9.93. The Bertz CT molecular complexity index is 3180. The maximum atomic E-state index is 2.51. The summed E-state index contributed by atoms with van der Waals surface area (Å²) in [4.78, 5) is 2.51. The van der Waals surface area contributed by atoms with Gasteiger partial charge in [0.25, 0.3) is 0 Å². The first-order valence-corrected chi connectivity index (χ1v) is 19.6. The van der Waals surface area contributed by atoms with Crippen molar-refractivity contribution in [1.82, 2.24) is 0 Å². The summed E-state index contributed by atoms with van der Waals surface area (Å²) in [5.74, 6) is 0. The van der Waals surface area contributed by atoms with E-state index >= 15 is 0 Å². The van der Waals surface area contributed by atoms with E-state index in [2.05, 4.69) is 193 Å². The van der Waals surface area contributed by atoms with Gasteiger partial charge in [0, 0.05) is 46.7 Å². The lowest BCUT2D eigenvalue weighted by Crippen LogP contribution is -2.10. The van der Waals surface area contributed by atoms with Gasteiger partial charge in [-0.15, -0.1) is 22.7 Å². The van der Waals surface area contributed by atoms with E-state index in [1.807, 2.05) is 22.7 Å². The fourth-order valence-corrected chi connectivity index (χ4v) is 10.7. The summed E-state index contributed by atoms with van der Waals surface area (Å²) < 4.78 is 5.21. The lowest BCUT2D eigenvalue weighted by molar-refractivity contribution is 1.33. The summed E-state index contributed by atoms with van der Waals surface area (Å²) in [7, 11) is 0. The Labute approximate surface area is 315 Å². The molecule has 3 heteroatoms. The van der Waals surface area contributed by atoms with Crippen molar-refractivity contribution in [1.29, 1.82) is 0 Å². The molecule has 0 unspecified atom stereocenters. The monoisotopic (exact) mass is 709 g/mol. The Kier molecular flexibility index (Phi) is 6.97. The van der Waals surface area contributed by atoms with E-state index in [9.17, 15) is 0 Å². The van der Waals surface area contributed by atoms with Gasteiger partial charge in [0.05, 0.1) is 16.1 Å². The third kappa shape index (κ3) is 4.82. The third-order valence-electron chi connectivity index (χ3n) is 10.7. The zero-order valence-corrected chi connectivity index (χ0v) is 30.3. The maximum absolute atomic E-state index is 2.51. The maximum Gasteiger partial charge on any atom is 0.0640 e. The molecule has 11 aromatic rings. The van der Waals surface area contributed by atoms with E-state index in [0.29, 0.717) is 0 Å². The van der Waals surface area contributed by atoms with Crippen molar-refractivity contribution in [2.75, 3.05) is 4.90 Å². The number of fused-ring (bicyclic) bond motifs is 8. The summed E-state index contributed by atoms with van der Waals surface area (Å²) >= 11 is 3.77. The van der Waals surface area contributed by atoms with Gasteiger partial charge in [-0.3, -0.25) is 0 Å². The van der Waals surface area contributed by atoms with Gasteiger partial charge in [0.15, 0.2) is 0 Å². The highest BCUT2D eigenvalue weighted by Gasteiger charge is 2.23. The Hall–Kier alpha value is -6.26. The van der Waals surface area contributed by atoms with Crippen LogP contribution in [-0.2, 0) is 0 Å². The van der Waals surface area contributed by atoms with Crippen molar-refractivity contribution in [2.24, 2.45) is 0 Å². The van der Waals surface area contributed by atoms with Gasteiger partial charge in [-0.1, -0.05) is 158 Å². The van der Waals surface area contributed by atoms with Crippen LogP contribution in [0.1, 0.15) is 0 Å². The minimum Gasteiger partial charge on any atom is -0.308 e. The van der Waals surface area contributed by atoms with E-state index in [-0.39, 0.29) is 0 Å². The molecule has 0 spiro atoms. The van der Waals surface area contributed by atoms with Gasteiger partial charge in [-0.25, -0.2) is 0 Å². The predicted octanol–water partition coefficient (Wildman–Crippen LogP) is 15.5. The summed E-state index contributed by atoms with van der Waals surface area (Å²) in [5, 5.41) is 10.2. The molecule has 0 aliphatic rings. The molecule has 0 fully saturated rings. The Morgan fingerprint density at radius 2 is 0.943 bits per heavy atom. The fourth-order valence-electron chi connectivity index (χ4n) is 8.26. The standard InChI is InChI=1S/C50H31NS2/c1-2-13-33(14-3-1)36-21-11-23-43-44-24-12-25-46(50(44)53-49(36)43)51(34-27-28-42-41-20-8-9-26-47(41)52-48(42)31-34)45-30-29-39(38-18-6-7-19-40(38)45)37-22-10-16-32-15-4-5-17-35(32)37/h1-31H. The van der Waals surface area contributed by atoms with Crippen LogP contribution < -0.4 is 4.90 Å². The van der Waals surface area contributed by atoms with Crippen molar-refractivity contribution in [3.05, 3.63) is 188 Å². The quantitative estimate of drug-likeness (QED) is 0.172. The van der Waals surface area contributed by atoms with Crippen molar-refractivity contribution in [2.45, 2.75) is 0 Å². The number of hydrogen-bond donors (Lipinski definition) is 0. The molecule has 53 heavy (non-hydrogen) atoms. The van der Waals surface area contributed by atoms with Crippen LogP contribution in [0.3, 0.4) is 0 Å². The molecule has 0 saturated heterocycles. The Morgan fingerprint density at radius 1 is 0.321 bits per heavy atom. The first-order valence-electron chi connectivity index (χ1n) is 18.0. The number of anilines is 3. The van der Waals surface area contributed by atoms with Crippen molar-refractivity contribution in [3.63, 3.8) is 0 Å². The summed E-state index contributed by atoms with van der Waals surface area (Å²) in [6.45, 7) is 0. The molecule has 248 valence electrons. The topological polar surface area (TPSA) is 3.24 Å². The van der Waals surface area contributed by atoms with E-state index in [0.717, 1.165) is 5.69 Å². The highest BCUT2D eigenvalue weighted by molar-refractivity contribution is 7.27. The first kappa shape index (κ1) is 30.4. The summed E-state index contributed by atoms with van der Waals surface area (Å²) in [5.41, 5.74) is 8.52. The number of thiophene rings is 2. The fraction of sp³-hybridized carbons (Fsp3) is 0. The van der Waals surface area contributed by atoms with Crippen molar-refractivity contribution < 1.29 is 0 Å². The van der Waals surface area contributed by atoms with Crippen LogP contribution in [0.25, 0.3) is 84.1 Å². The van der Waals surface area contributed by atoms with Crippen LogP contribution >= 0.6 is 22.7 Å². The number of nitrogens with zero attached hydrogens (tertiary/aromatic N) is 1. The van der Waals surface area contributed by atoms with Gasteiger partial charge in [-0.05, 0) is 68.7 Å². The molecule has 1 nitrogen and oxygen atoms in total. The zero-order chi connectivity index (χ0) is 34.9. The van der Waals surface area contributed by atoms with Crippen LogP contribution in [0.5, 0.6) is 0 Å². The smallest absolute Gasteiger partial charge is 0.0640 e. The molecular formula is C50H31NS2. The second-order valence-corrected chi connectivity index (χ2v) is 15.7. The van der Waals surface area contributed by atoms with Crippen LogP contribution in [0, 0.1) is 0 Å². The molecule has 11 rings (SSSR count). The molecule has 2 aromatic heterocycles. The highest BCUT2D eigenvalue weighted by Crippen LogP contribution is 2.50. The lowest BCUT2D eigenvalue weighted by Gasteiger charge is -2.28. The van der Waals surface area contributed by atoms with Gasteiger partial charge in [0.2, 0.25) is 0 Å².